The molecule has 0 bridgehead atoms. The Morgan fingerprint density at radius 1 is 1.14 bits per heavy atom. The molecule has 2 rings (SSSR count). The molecule has 0 radical (unpaired) electrons. The van der Waals surface area contributed by atoms with E-state index in [1.54, 1.807) is 35.7 Å². The molecule has 1 amide bonds. The molecule has 2 N–H and O–H groups in total. The minimum atomic E-state index is -3.30. The highest BCUT2D eigenvalue weighted by Gasteiger charge is 2.10. The predicted octanol–water partition coefficient (Wildman–Crippen LogP) is 3.54. The van der Waals surface area contributed by atoms with Crippen molar-refractivity contribution in [1.29, 1.82) is 0 Å². The van der Waals surface area contributed by atoms with E-state index in [1.807, 2.05) is 12.3 Å². The lowest BCUT2D eigenvalue weighted by Gasteiger charge is -2.09. The van der Waals surface area contributed by atoms with Gasteiger partial charge in [-0.3, -0.25) is 9.52 Å². The van der Waals surface area contributed by atoms with Crippen LogP contribution < -0.4 is 10.0 Å². The average molecular weight is 338 g/mol. The zero-order valence-electron chi connectivity index (χ0n) is 12.2. The molecule has 5 nitrogen and oxygen atoms in total. The number of sulfonamides is 1. The van der Waals surface area contributed by atoms with Gasteiger partial charge in [0.15, 0.2) is 0 Å². The number of anilines is 2. The number of hydrogen-bond donors (Lipinski definition) is 2. The first-order valence-corrected chi connectivity index (χ1v) is 9.54. The lowest BCUT2D eigenvalue weighted by atomic mass is 10.2. The standard InChI is InChI=1S/C15H18N2O3S2/c1-2-3-10-22(19,20)17-14-6-4-13(5-7-14)16-15(18)12-8-9-21-11-12/h4-9,11,17H,2-3,10H2,1H3,(H,16,18). The second-order valence-corrected chi connectivity index (χ2v) is 7.44. The van der Waals surface area contributed by atoms with E-state index in [-0.39, 0.29) is 11.7 Å². The van der Waals surface area contributed by atoms with E-state index in [0.717, 1.165) is 6.42 Å². The van der Waals surface area contributed by atoms with Crippen LogP contribution in [0.15, 0.2) is 41.1 Å². The highest BCUT2D eigenvalue weighted by Crippen LogP contribution is 2.17. The molecule has 0 spiro atoms. The number of amides is 1. The number of nitrogens with one attached hydrogen (secondary N) is 2. The van der Waals surface area contributed by atoms with Gasteiger partial charge in [0.25, 0.3) is 5.91 Å². The minimum Gasteiger partial charge on any atom is -0.322 e. The molecule has 0 atom stereocenters. The summed E-state index contributed by atoms with van der Waals surface area (Å²) >= 11 is 1.46. The monoisotopic (exact) mass is 338 g/mol. The summed E-state index contributed by atoms with van der Waals surface area (Å²) in [4.78, 5) is 11.9. The van der Waals surface area contributed by atoms with E-state index < -0.39 is 10.0 Å². The summed E-state index contributed by atoms with van der Waals surface area (Å²) in [6, 6.07) is 8.35. The quantitative estimate of drug-likeness (QED) is 0.811. The van der Waals surface area contributed by atoms with Crippen LogP contribution in [0, 0.1) is 0 Å². The van der Waals surface area contributed by atoms with E-state index in [1.165, 1.54) is 11.3 Å². The number of rotatable bonds is 7. The maximum atomic E-state index is 11.9. The Labute approximate surface area is 134 Å². The maximum Gasteiger partial charge on any atom is 0.256 e. The van der Waals surface area contributed by atoms with Crippen LogP contribution in [0.1, 0.15) is 30.1 Å². The van der Waals surface area contributed by atoms with Gasteiger partial charge >= 0.3 is 0 Å². The van der Waals surface area contributed by atoms with Crippen LogP contribution in [-0.4, -0.2) is 20.1 Å². The van der Waals surface area contributed by atoms with E-state index in [4.69, 9.17) is 0 Å². The van der Waals surface area contributed by atoms with Crippen molar-refractivity contribution in [2.24, 2.45) is 0 Å². The van der Waals surface area contributed by atoms with Crippen LogP contribution >= 0.6 is 11.3 Å². The molecule has 0 aliphatic rings. The number of unbranched alkanes of at least 4 members (excludes halogenated alkanes) is 1. The van der Waals surface area contributed by atoms with Crippen molar-refractivity contribution in [3.63, 3.8) is 0 Å². The zero-order valence-corrected chi connectivity index (χ0v) is 13.8. The summed E-state index contributed by atoms with van der Waals surface area (Å²) < 4.78 is 26.1. The normalized spacial score (nSPS) is 11.1. The summed E-state index contributed by atoms with van der Waals surface area (Å²) in [5.74, 6) is -0.0716. The van der Waals surface area contributed by atoms with Crippen LogP contribution in [0.3, 0.4) is 0 Å². The van der Waals surface area contributed by atoms with Crippen LogP contribution in [0.5, 0.6) is 0 Å². The fourth-order valence-electron chi connectivity index (χ4n) is 1.78. The fourth-order valence-corrected chi connectivity index (χ4v) is 3.69. The molecule has 0 fully saturated rings. The number of hydrogen-bond acceptors (Lipinski definition) is 4. The molecule has 1 aromatic carbocycles. The van der Waals surface area contributed by atoms with Gasteiger partial charge in [0, 0.05) is 16.8 Å². The van der Waals surface area contributed by atoms with Gasteiger partial charge in [-0.1, -0.05) is 13.3 Å². The molecule has 0 saturated carbocycles. The topological polar surface area (TPSA) is 75.3 Å². The lowest BCUT2D eigenvalue weighted by Crippen LogP contribution is -2.16. The highest BCUT2D eigenvalue weighted by atomic mass is 32.2. The molecule has 22 heavy (non-hydrogen) atoms. The number of thiophene rings is 1. The van der Waals surface area contributed by atoms with Gasteiger partial charge in [-0.2, -0.15) is 11.3 Å². The third kappa shape index (κ3) is 4.85. The molecule has 1 aromatic heterocycles. The van der Waals surface area contributed by atoms with E-state index in [0.29, 0.717) is 23.4 Å². The van der Waals surface area contributed by atoms with Crippen molar-refractivity contribution < 1.29 is 13.2 Å². The number of carbonyl (C=O) groups excluding carboxylic acids is 1. The zero-order chi connectivity index (χ0) is 16.0. The third-order valence-corrected chi connectivity index (χ3v) is 5.02. The van der Waals surface area contributed by atoms with Crippen molar-refractivity contribution in [3.05, 3.63) is 46.7 Å². The van der Waals surface area contributed by atoms with Gasteiger partial charge in [0.05, 0.1) is 11.3 Å². The average Bonchev–Trinajstić information content (AvgIpc) is 3.01. The Morgan fingerprint density at radius 2 is 1.82 bits per heavy atom. The molecular formula is C15H18N2O3S2. The van der Waals surface area contributed by atoms with Crippen LogP contribution in [0.4, 0.5) is 11.4 Å². The summed E-state index contributed by atoms with van der Waals surface area (Å²) in [6.07, 6.45) is 1.46. The third-order valence-electron chi connectivity index (χ3n) is 2.97. The van der Waals surface area contributed by atoms with Gasteiger partial charge < -0.3 is 5.32 Å². The summed E-state index contributed by atoms with van der Waals surface area (Å²) in [7, 11) is -3.30. The predicted molar refractivity (Wildman–Crippen MR) is 91.0 cm³/mol. The van der Waals surface area contributed by atoms with Gasteiger partial charge in [0.2, 0.25) is 10.0 Å². The van der Waals surface area contributed by atoms with E-state index >= 15 is 0 Å². The lowest BCUT2D eigenvalue weighted by molar-refractivity contribution is 0.102. The van der Waals surface area contributed by atoms with Crippen LogP contribution in [0.25, 0.3) is 0 Å². The Morgan fingerprint density at radius 3 is 2.41 bits per heavy atom. The molecule has 0 aliphatic carbocycles. The summed E-state index contributed by atoms with van der Waals surface area (Å²) in [5, 5.41) is 6.36. The van der Waals surface area contributed by atoms with Crippen molar-refractivity contribution in [3.8, 4) is 0 Å². The van der Waals surface area contributed by atoms with Crippen molar-refractivity contribution in [2.75, 3.05) is 15.8 Å². The first kappa shape index (κ1) is 16.5. The van der Waals surface area contributed by atoms with Gasteiger partial charge in [0.1, 0.15) is 0 Å². The molecular weight excluding hydrogens is 320 g/mol. The Hall–Kier alpha value is -1.86. The maximum absolute atomic E-state index is 11.9. The van der Waals surface area contributed by atoms with Gasteiger partial charge in [-0.05, 0) is 42.1 Å². The van der Waals surface area contributed by atoms with Gasteiger partial charge in [-0.15, -0.1) is 0 Å². The van der Waals surface area contributed by atoms with E-state index in [2.05, 4.69) is 10.0 Å². The summed E-state index contributed by atoms with van der Waals surface area (Å²) in [5.41, 5.74) is 1.71. The van der Waals surface area contributed by atoms with Crippen LogP contribution in [0.2, 0.25) is 0 Å². The molecule has 1 heterocycles. The van der Waals surface area contributed by atoms with Crippen molar-refractivity contribution >= 4 is 38.6 Å². The molecule has 0 unspecified atom stereocenters. The molecule has 118 valence electrons. The fraction of sp³-hybridized carbons (Fsp3) is 0.267. The number of carbonyl (C=O) groups is 1. The Balaban J connectivity index is 1.97. The second-order valence-electron chi connectivity index (χ2n) is 4.82. The molecule has 7 heteroatoms. The smallest absolute Gasteiger partial charge is 0.256 e. The Kier molecular flexibility index (Phi) is 5.57. The van der Waals surface area contributed by atoms with Gasteiger partial charge in [-0.25, -0.2) is 8.42 Å². The SMILES string of the molecule is CCCCS(=O)(=O)Nc1ccc(NC(=O)c2ccsc2)cc1. The highest BCUT2D eigenvalue weighted by molar-refractivity contribution is 7.92. The number of benzene rings is 1. The molecule has 0 saturated heterocycles. The molecule has 2 aromatic rings. The minimum absolute atomic E-state index is 0.111. The van der Waals surface area contributed by atoms with E-state index in [9.17, 15) is 13.2 Å². The second kappa shape index (κ2) is 7.42. The largest absolute Gasteiger partial charge is 0.322 e. The van der Waals surface area contributed by atoms with Crippen LogP contribution in [-0.2, 0) is 10.0 Å². The Bertz CT molecular complexity index is 708. The first-order chi connectivity index (χ1) is 10.5. The van der Waals surface area contributed by atoms with Crippen molar-refractivity contribution in [1.82, 2.24) is 0 Å². The first-order valence-electron chi connectivity index (χ1n) is 6.94. The summed E-state index contributed by atoms with van der Waals surface area (Å²) in [6.45, 7) is 1.94. The van der Waals surface area contributed by atoms with Crippen molar-refractivity contribution in [2.45, 2.75) is 19.8 Å². The molecule has 0 aliphatic heterocycles.